The molecule has 0 radical (unpaired) electrons. The third-order valence-corrected chi connectivity index (χ3v) is 4.98. The predicted octanol–water partition coefficient (Wildman–Crippen LogP) is 3.82. The molecule has 1 unspecified atom stereocenters. The number of halogens is 1. The Morgan fingerprint density at radius 2 is 2.00 bits per heavy atom. The molecular weight excluding hydrogens is 284 g/mol. The van der Waals surface area contributed by atoms with E-state index < -0.39 is 0 Å². The Morgan fingerprint density at radius 1 is 1.33 bits per heavy atom. The lowest BCUT2D eigenvalue weighted by atomic mass is 9.71. The summed E-state index contributed by atoms with van der Waals surface area (Å²) in [6.07, 6.45) is 6.29. The summed E-state index contributed by atoms with van der Waals surface area (Å²) in [5.41, 5.74) is 6.91. The largest absolute Gasteiger partial charge is 0.350 e. The summed E-state index contributed by atoms with van der Waals surface area (Å²) < 4.78 is 0. The van der Waals surface area contributed by atoms with Crippen molar-refractivity contribution >= 4 is 17.5 Å². The van der Waals surface area contributed by atoms with E-state index in [2.05, 4.69) is 5.32 Å². The fourth-order valence-electron chi connectivity index (χ4n) is 3.29. The van der Waals surface area contributed by atoms with Crippen molar-refractivity contribution < 1.29 is 4.79 Å². The highest BCUT2D eigenvalue weighted by molar-refractivity contribution is 6.31. The van der Waals surface area contributed by atoms with E-state index in [9.17, 15) is 4.79 Å². The molecule has 3 nitrogen and oxygen atoms in total. The van der Waals surface area contributed by atoms with Crippen LogP contribution in [0, 0.1) is 5.41 Å². The van der Waals surface area contributed by atoms with Crippen LogP contribution in [0.1, 0.15) is 57.1 Å². The maximum Gasteiger partial charge on any atom is 0.221 e. The van der Waals surface area contributed by atoms with Crippen molar-refractivity contribution in [2.75, 3.05) is 6.54 Å². The number of amides is 1. The summed E-state index contributed by atoms with van der Waals surface area (Å²) in [6, 6.07) is 7.55. The van der Waals surface area contributed by atoms with Gasteiger partial charge in [0.05, 0.1) is 6.04 Å². The minimum atomic E-state index is -0.0791. The molecule has 116 valence electrons. The second kappa shape index (κ2) is 7.28. The van der Waals surface area contributed by atoms with Gasteiger partial charge in [-0.2, -0.15) is 0 Å². The zero-order valence-electron chi connectivity index (χ0n) is 12.7. The van der Waals surface area contributed by atoms with Gasteiger partial charge in [0.15, 0.2) is 0 Å². The van der Waals surface area contributed by atoms with Crippen LogP contribution in [0.5, 0.6) is 0 Å². The number of carbonyl (C=O) groups is 1. The first-order valence-corrected chi connectivity index (χ1v) is 8.18. The van der Waals surface area contributed by atoms with Crippen LogP contribution in [-0.4, -0.2) is 12.5 Å². The maximum absolute atomic E-state index is 12.4. The summed E-state index contributed by atoms with van der Waals surface area (Å²) >= 11 is 6.18. The molecule has 1 aliphatic carbocycles. The first-order chi connectivity index (χ1) is 10.1. The van der Waals surface area contributed by atoms with Gasteiger partial charge in [0, 0.05) is 11.4 Å². The van der Waals surface area contributed by atoms with E-state index >= 15 is 0 Å². The zero-order chi connectivity index (χ0) is 15.3. The Hall–Kier alpha value is -1.06. The summed E-state index contributed by atoms with van der Waals surface area (Å²) in [6.45, 7) is 2.57. The standard InChI is InChI=1S/C17H25ClN2O/c1-13(14-7-3-4-8-15(14)18)20-16(21)11-17(12-19)9-5-2-6-10-17/h3-4,7-8,13H,2,5-6,9-12,19H2,1H3,(H,20,21). The minimum Gasteiger partial charge on any atom is -0.350 e. The molecule has 0 spiro atoms. The average Bonchev–Trinajstić information content (AvgIpc) is 2.48. The second-order valence-corrected chi connectivity index (χ2v) is 6.66. The molecular formula is C17H25ClN2O. The van der Waals surface area contributed by atoms with E-state index in [0.29, 0.717) is 18.0 Å². The first kappa shape index (κ1) is 16.3. The summed E-state index contributed by atoms with van der Waals surface area (Å²) in [7, 11) is 0. The fourth-order valence-corrected chi connectivity index (χ4v) is 3.59. The lowest BCUT2D eigenvalue weighted by Crippen LogP contribution is -2.39. The summed E-state index contributed by atoms with van der Waals surface area (Å²) in [4.78, 5) is 12.4. The average molecular weight is 309 g/mol. The van der Waals surface area contributed by atoms with Crippen LogP contribution >= 0.6 is 11.6 Å². The Labute approximate surface area is 132 Å². The number of carbonyl (C=O) groups excluding carboxylic acids is 1. The van der Waals surface area contributed by atoms with Crippen molar-refractivity contribution in [3.8, 4) is 0 Å². The number of nitrogens with two attached hydrogens (primary N) is 1. The molecule has 0 aromatic heterocycles. The first-order valence-electron chi connectivity index (χ1n) is 7.80. The van der Waals surface area contributed by atoms with Crippen molar-refractivity contribution in [2.45, 2.75) is 51.5 Å². The summed E-state index contributed by atoms with van der Waals surface area (Å²) in [5.74, 6) is 0.0785. The van der Waals surface area contributed by atoms with Crippen LogP contribution in [0.15, 0.2) is 24.3 Å². The van der Waals surface area contributed by atoms with E-state index in [1.165, 1.54) is 19.3 Å². The van der Waals surface area contributed by atoms with Gasteiger partial charge in [-0.15, -0.1) is 0 Å². The third kappa shape index (κ3) is 4.21. The van der Waals surface area contributed by atoms with Crippen LogP contribution < -0.4 is 11.1 Å². The van der Waals surface area contributed by atoms with Gasteiger partial charge in [-0.1, -0.05) is 49.1 Å². The number of hydrogen-bond acceptors (Lipinski definition) is 2. The van der Waals surface area contributed by atoms with Gasteiger partial charge < -0.3 is 11.1 Å². The van der Waals surface area contributed by atoms with Gasteiger partial charge in [-0.05, 0) is 43.4 Å². The van der Waals surface area contributed by atoms with Crippen LogP contribution in [0.4, 0.5) is 0 Å². The molecule has 1 amide bonds. The maximum atomic E-state index is 12.4. The van der Waals surface area contributed by atoms with Gasteiger partial charge in [0.25, 0.3) is 0 Å². The Morgan fingerprint density at radius 3 is 2.62 bits per heavy atom. The Kier molecular flexibility index (Phi) is 5.65. The highest BCUT2D eigenvalue weighted by Gasteiger charge is 2.33. The highest BCUT2D eigenvalue weighted by Crippen LogP contribution is 2.38. The fraction of sp³-hybridized carbons (Fsp3) is 0.588. The molecule has 2 rings (SSSR count). The summed E-state index contributed by atoms with van der Waals surface area (Å²) in [5, 5.41) is 3.76. The Balaban J connectivity index is 1.96. The molecule has 0 aliphatic heterocycles. The Bertz CT molecular complexity index is 483. The molecule has 0 bridgehead atoms. The SMILES string of the molecule is CC(NC(=O)CC1(CN)CCCCC1)c1ccccc1Cl. The zero-order valence-corrected chi connectivity index (χ0v) is 13.5. The number of benzene rings is 1. The second-order valence-electron chi connectivity index (χ2n) is 6.25. The van der Waals surface area contributed by atoms with Crippen molar-refractivity contribution in [3.05, 3.63) is 34.9 Å². The van der Waals surface area contributed by atoms with Crippen molar-refractivity contribution in [2.24, 2.45) is 11.1 Å². The van der Waals surface area contributed by atoms with Crippen molar-refractivity contribution in [1.29, 1.82) is 0 Å². The van der Waals surface area contributed by atoms with Crippen LogP contribution in [0.2, 0.25) is 5.02 Å². The van der Waals surface area contributed by atoms with E-state index in [1.54, 1.807) is 0 Å². The van der Waals surface area contributed by atoms with Crippen molar-refractivity contribution in [3.63, 3.8) is 0 Å². The monoisotopic (exact) mass is 308 g/mol. The lowest BCUT2D eigenvalue weighted by Gasteiger charge is -2.36. The van der Waals surface area contributed by atoms with Crippen LogP contribution in [0.3, 0.4) is 0 Å². The van der Waals surface area contributed by atoms with E-state index in [-0.39, 0.29) is 17.4 Å². The molecule has 1 aromatic carbocycles. The van der Waals surface area contributed by atoms with Gasteiger partial charge >= 0.3 is 0 Å². The molecule has 1 atom stereocenters. The van der Waals surface area contributed by atoms with E-state index in [4.69, 9.17) is 17.3 Å². The molecule has 4 heteroatoms. The van der Waals surface area contributed by atoms with Gasteiger partial charge in [-0.25, -0.2) is 0 Å². The lowest BCUT2D eigenvalue weighted by molar-refractivity contribution is -0.124. The molecule has 1 aliphatic rings. The highest BCUT2D eigenvalue weighted by atomic mass is 35.5. The quantitative estimate of drug-likeness (QED) is 0.869. The number of rotatable bonds is 5. The number of hydrogen-bond donors (Lipinski definition) is 2. The third-order valence-electron chi connectivity index (χ3n) is 4.63. The molecule has 0 heterocycles. The normalized spacial score (nSPS) is 19.0. The smallest absolute Gasteiger partial charge is 0.221 e. The molecule has 3 N–H and O–H groups in total. The van der Waals surface area contributed by atoms with Crippen LogP contribution in [0.25, 0.3) is 0 Å². The predicted molar refractivity (Wildman–Crippen MR) is 87.2 cm³/mol. The molecule has 1 aromatic rings. The van der Waals surface area contributed by atoms with E-state index in [0.717, 1.165) is 18.4 Å². The van der Waals surface area contributed by atoms with Gasteiger partial charge in [-0.3, -0.25) is 4.79 Å². The molecule has 0 saturated heterocycles. The molecule has 1 saturated carbocycles. The number of nitrogens with one attached hydrogen (secondary N) is 1. The van der Waals surface area contributed by atoms with Gasteiger partial charge in [0.2, 0.25) is 5.91 Å². The topological polar surface area (TPSA) is 55.1 Å². The minimum absolute atomic E-state index is 0.00252. The molecule has 1 fully saturated rings. The van der Waals surface area contributed by atoms with Crippen molar-refractivity contribution in [1.82, 2.24) is 5.32 Å². The molecule has 21 heavy (non-hydrogen) atoms. The van der Waals surface area contributed by atoms with E-state index in [1.807, 2.05) is 31.2 Å². The van der Waals surface area contributed by atoms with Crippen LogP contribution in [-0.2, 0) is 4.79 Å². The van der Waals surface area contributed by atoms with Gasteiger partial charge in [0.1, 0.15) is 0 Å².